The van der Waals surface area contributed by atoms with E-state index in [4.69, 9.17) is 0 Å². The van der Waals surface area contributed by atoms with E-state index in [1.54, 1.807) is 0 Å². The van der Waals surface area contributed by atoms with E-state index in [1.807, 2.05) is 65.2 Å². The summed E-state index contributed by atoms with van der Waals surface area (Å²) in [4.78, 5) is 17.6. The molecule has 3 aromatic heterocycles. The summed E-state index contributed by atoms with van der Waals surface area (Å²) < 4.78 is 2.03. The molecule has 0 aliphatic heterocycles. The maximum atomic E-state index is 13.0. The first kappa shape index (κ1) is 20.7. The molecule has 5 rings (SSSR count). The van der Waals surface area contributed by atoms with Crippen molar-refractivity contribution < 1.29 is 4.79 Å². The molecule has 0 spiro atoms. The van der Waals surface area contributed by atoms with Gasteiger partial charge in [-0.1, -0.05) is 67.2 Å². The van der Waals surface area contributed by atoms with E-state index in [-0.39, 0.29) is 11.2 Å². The molecule has 0 saturated heterocycles. The predicted octanol–water partition coefficient (Wildman–Crippen LogP) is 5.82. The van der Waals surface area contributed by atoms with Crippen molar-refractivity contribution in [2.75, 3.05) is 5.32 Å². The molecular weight excluding hydrogens is 438 g/mol. The number of pyridine rings is 1. The topological polar surface area (TPSA) is 72.2 Å². The molecule has 1 N–H and O–H groups in total. The molecule has 32 heavy (non-hydrogen) atoms. The van der Waals surface area contributed by atoms with Crippen LogP contribution in [0.25, 0.3) is 27.8 Å². The Bertz CT molecular complexity index is 1410. The van der Waals surface area contributed by atoms with Gasteiger partial charge >= 0.3 is 0 Å². The van der Waals surface area contributed by atoms with Crippen molar-refractivity contribution >= 4 is 50.7 Å². The average molecular weight is 460 g/mol. The van der Waals surface area contributed by atoms with Crippen LogP contribution in [0.5, 0.6) is 0 Å². The molecule has 5 aromatic rings. The van der Waals surface area contributed by atoms with Gasteiger partial charge in [-0.15, -0.1) is 21.5 Å². The van der Waals surface area contributed by atoms with Crippen LogP contribution >= 0.6 is 23.1 Å². The molecule has 1 amide bonds. The second kappa shape index (κ2) is 8.72. The third-order valence-corrected chi connectivity index (χ3v) is 7.35. The van der Waals surface area contributed by atoms with Crippen LogP contribution in [0.15, 0.2) is 71.2 Å². The highest BCUT2D eigenvalue weighted by atomic mass is 32.2. The van der Waals surface area contributed by atoms with Crippen molar-refractivity contribution in [1.29, 1.82) is 0 Å². The number of nitrogens with zero attached hydrogens (tertiary/aromatic N) is 4. The van der Waals surface area contributed by atoms with Gasteiger partial charge in [0.1, 0.15) is 0 Å². The second-order valence-electron chi connectivity index (χ2n) is 7.43. The van der Waals surface area contributed by atoms with E-state index in [1.165, 1.54) is 23.1 Å². The molecule has 0 fully saturated rings. The van der Waals surface area contributed by atoms with Gasteiger partial charge in [0, 0.05) is 16.3 Å². The summed E-state index contributed by atoms with van der Waals surface area (Å²) in [5.41, 5.74) is 4.86. The van der Waals surface area contributed by atoms with Crippen LogP contribution in [0, 0.1) is 6.92 Å². The Hall–Kier alpha value is -3.23. The van der Waals surface area contributed by atoms with Gasteiger partial charge in [-0.25, -0.2) is 4.98 Å². The molecule has 0 saturated carbocycles. The Morgan fingerprint density at radius 3 is 2.72 bits per heavy atom. The zero-order valence-electron chi connectivity index (χ0n) is 17.6. The molecular formula is C24H21N5OS2. The number of hydrogen-bond donors (Lipinski definition) is 1. The lowest BCUT2D eigenvalue weighted by atomic mass is 10.1. The number of para-hydroxylation sites is 1. The molecule has 0 radical (unpaired) electrons. The van der Waals surface area contributed by atoms with Crippen molar-refractivity contribution in [2.24, 2.45) is 0 Å². The fourth-order valence-corrected chi connectivity index (χ4v) is 5.35. The van der Waals surface area contributed by atoms with Gasteiger partial charge < -0.3 is 5.32 Å². The van der Waals surface area contributed by atoms with Gasteiger partial charge in [0.15, 0.2) is 15.9 Å². The number of rotatable bonds is 6. The number of hydrogen-bond acceptors (Lipinski definition) is 6. The van der Waals surface area contributed by atoms with Crippen molar-refractivity contribution in [3.63, 3.8) is 0 Å². The molecule has 0 aliphatic carbocycles. The number of aryl methyl sites for hydroxylation is 1. The third kappa shape index (κ3) is 3.87. The van der Waals surface area contributed by atoms with E-state index >= 15 is 0 Å². The highest BCUT2D eigenvalue weighted by Gasteiger charge is 2.23. The Kier molecular flexibility index (Phi) is 5.63. The summed E-state index contributed by atoms with van der Waals surface area (Å²) in [5, 5.41) is 15.8. The van der Waals surface area contributed by atoms with Crippen molar-refractivity contribution in [2.45, 2.75) is 30.7 Å². The molecule has 3 heterocycles. The summed E-state index contributed by atoms with van der Waals surface area (Å²) in [6.45, 7) is 4.07. The molecule has 2 aromatic carbocycles. The van der Waals surface area contributed by atoms with Gasteiger partial charge in [-0.2, -0.15) is 0 Å². The number of fused-ring (bicyclic) bond motifs is 3. The van der Waals surface area contributed by atoms with E-state index in [0.717, 1.165) is 33.4 Å². The number of nitrogens with one attached hydrogen (secondary N) is 1. The Labute approximate surface area is 193 Å². The molecule has 8 heteroatoms. The number of benzene rings is 2. The van der Waals surface area contributed by atoms with Crippen molar-refractivity contribution in [3.05, 3.63) is 71.6 Å². The molecule has 6 nitrogen and oxygen atoms in total. The molecule has 1 atom stereocenters. The number of anilines is 1. The second-order valence-corrected chi connectivity index (χ2v) is 9.46. The van der Waals surface area contributed by atoms with E-state index < -0.39 is 0 Å². The Morgan fingerprint density at radius 2 is 1.91 bits per heavy atom. The summed E-state index contributed by atoms with van der Waals surface area (Å²) in [6.07, 6.45) is 0.659. The summed E-state index contributed by atoms with van der Waals surface area (Å²) in [6, 6.07) is 20.2. The zero-order valence-corrected chi connectivity index (χ0v) is 19.3. The normalized spacial score (nSPS) is 12.3. The minimum atomic E-state index is -0.313. The first-order valence-corrected chi connectivity index (χ1v) is 12.1. The Morgan fingerprint density at radius 1 is 1.12 bits per heavy atom. The van der Waals surface area contributed by atoms with Gasteiger partial charge in [0.05, 0.1) is 16.5 Å². The fraction of sp³-hybridized carbons (Fsp3) is 0.167. The van der Waals surface area contributed by atoms with Gasteiger partial charge in [0.25, 0.3) is 0 Å². The minimum absolute atomic E-state index is 0.0837. The fourth-order valence-electron chi connectivity index (χ4n) is 3.66. The number of thiazole rings is 1. The van der Waals surface area contributed by atoms with Crippen LogP contribution in [0.2, 0.25) is 0 Å². The molecule has 0 aliphatic rings. The summed E-state index contributed by atoms with van der Waals surface area (Å²) in [5.74, 6) is -0.0837. The summed E-state index contributed by atoms with van der Waals surface area (Å²) in [7, 11) is 0. The molecule has 160 valence electrons. The predicted molar refractivity (Wildman–Crippen MR) is 131 cm³/mol. The maximum Gasteiger partial charge on any atom is 0.239 e. The minimum Gasteiger partial charge on any atom is -0.301 e. The number of aromatic nitrogens is 4. The van der Waals surface area contributed by atoms with E-state index in [0.29, 0.717) is 16.7 Å². The van der Waals surface area contributed by atoms with Crippen LogP contribution < -0.4 is 5.32 Å². The monoisotopic (exact) mass is 459 g/mol. The van der Waals surface area contributed by atoms with E-state index in [2.05, 4.69) is 39.6 Å². The largest absolute Gasteiger partial charge is 0.301 e. The number of amides is 1. The third-order valence-electron chi connectivity index (χ3n) is 5.29. The average Bonchev–Trinajstić information content (AvgIpc) is 3.45. The number of thioether (sulfide) groups is 1. The smallest absolute Gasteiger partial charge is 0.239 e. The van der Waals surface area contributed by atoms with Crippen LogP contribution in [0.1, 0.15) is 18.9 Å². The van der Waals surface area contributed by atoms with Gasteiger partial charge in [-0.05, 0) is 31.0 Å². The van der Waals surface area contributed by atoms with Crippen molar-refractivity contribution in [3.8, 4) is 11.3 Å². The highest BCUT2D eigenvalue weighted by Crippen LogP contribution is 2.30. The lowest BCUT2D eigenvalue weighted by Gasteiger charge is -2.13. The van der Waals surface area contributed by atoms with Crippen molar-refractivity contribution in [1.82, 2.24) is 19.6 Å². The molecule has 0 bridgehead atoms. The standard InChI is InChI=1S/C24H21N5OS2/c1-3-20(22(30)26-23-25-18(14-31-23)16-9-5-4-6-10-16)32-24-28-27-21-13-15(2)17-11-7-8-12-19(17)29(21)24/h4-14,20H,3H2,1-2H3,(H,25,26,30). The lowest BCUT2D eigenvalue weighted by Crippen LogP contribution is -2.24. The van der Waals surface area contributed by atoms with E-state index in [9.17, 15) is 4.79 Å². The number of carbonyl (C=O) groups excluding carboxylic acids is 1. The number of carbonyl (C=O) groups is 1. The first-order chi connectivity index (χ1) is 15.6. The lowest BCUT2D eigenvalue weighted by molar-refractivity contribution is -0.115. The highest BCUT2D eigenvalue weighted by molar-refractivity contribution is 8.00. The first-order valence-electron chi connectivity index (χ1n) is 10.4. The van der Waals surface area contributed by atoms with Crippen LogP contribution in [-0.2, 0) is 4.79 Å². The SMILES string of the molecule is CCC(Sc1nnc2cc(C)c3ccccc3n12)C(=O)Nc1nc(-c2ccccc2)cs1. The molecule has 1 unspecified atom stereocenters. The van der Waals surface area contributed by atoms with Crippen LogP contribution in [0.3, 0.4) is 0 Å². The summed E-state index contributed by atoms with van der Waals surface area (Å²) >= 11 is 2.86. The zero-order chi connectivity index (χ0) is 22.1. The Balaban J connectivity index is 1.39. The van der Waals surface area contributed by atoms with Crippen LogP contribution in [-0.4, -0.2) is 30.7 Å². The quantitative estimate of drug-likeness (QED) is 0.324. The van der Waals surface area contributed by atoms with Gasteiger partial charge in [-0.3, -0.25) is 9.20 Å². The van der Waals surface area contributed by atoms with Gasteiger partial charge in [0.2, 0.25) is 5.91 Å². The van der Waals surface area contributed by atoms with Crippen LogP contribution in [0.4, 0.5) is 5.13 Å². The maximum absolute atomic E-state index is 13.0.